The van der Waals surface area contributed by atoms with Crippen molar-refractivity contribution in [2.45, 2.75) is 38.8 Å². The van der Waals surface area contributed by atoms with Crippen molar-refractivity contribution in [1.29, 1.82) is 5.26 Å². The lowest BCUT2D eigenvalue weighted by Gasteiger charge is -2.38. The predicted octanol–water partition coefficient (Wildman–Crippen LogP) is 2.14. The third-order valence-corrected chi connectivity index (χ3v) is 5.07. The molecule has 0 amide bonds. The van der Waals surface area contributed by atoms with Crippen molar-refractivity contribution in [3.63, 3.8) is 0 Å². The molecule has 114 valence electrons. The fourth-order valence-electron chi connectivity index (χ4n) is 2.44. The maximum absolute atomic E-state index is 11.7. The Bertz CT molecular complexity index is 675. The first-order valence-corrected chi connectivity index (χ1v) is 8.75. The van der Waals surface area contributed by atoms with Crippen molar-refractivity contribution in [3.05, 3.63) is 29.3 Å². The van der Waals surface area contributed by atoms with Gasteiger partial charge in [-0.3, -0.25) is 5.32 Å². The van der Waals surface area contributed by atoms with Gasteiger partial charge in [-0.25, -0.2) is 8.42 Å². The van der Waals surface area contributed by atoms with E-state index in [1.165, 1.54) is 0 Å². The van der Waals surface area contributed by atoms with E-state index in [4.69, 9.17) is 10.00 Å². The monoisotopic (exact) mass is 308 g/mol. The number of nitrogens with zero attached hydrogens (tertiary/aromatic N) is 1. The minimum Gasteiger partial charge on any atom is -0.487 e. The molecule has 1 atom stereocenters. The van der Waals surface area contributed by atoms with Gasteiger partial charge in [0.05, 0.1) is 17.5 Å². The molecule has 1 aliphatic heterocycles. The van der Waals surface area contributed by atoms with Crippen LogP contribution in [0.4, 0.5) is 0 Å². The Morgan fingerprint density at radius 1 is 1.48 bits per heavy atom. The molecule has 0 aromatic heterocycles. The minimum absolute atomic E-state index is 0.0690. The second-order valence-electron chi connectivity index (χ2n) is 5.86. The normalized spacial score (nSPS) is 20.2. The average Bonchev–Trinajstić information content (AvgIpc) is 2.43. The maximum atomic E-state index is 11.7. The summed E-state index contributed by atoms with van der Waals surface area (Å²) in [6.07, 6.45) is 0.647. The number of benzene rings is 1. The van der Waals surface area contributed by atoms with Crippen LogP contribution in [-0.4, -0.2) is 25.6 Å². The van der Waals surface area contributed by atoms with Crippen LogP contribution < -0.4 is 10.1 Å². The number of ether oxygens (including phenoxy) is 1. The van der Waals surface area contributed by atoms with Gasteiger partial charge in [0.1, 0.15) is 11.4 Å². The highest BCUT2D eigenvalue weighted by molar-refractivity contribution is 7.91. The molecule has 5 nitrogen and oxygen atoms in total. The zero-order valence-corrected chi connectivity index (χ0v) is 13.3. The van der Waals surface area contributed by atoms with E-state index in [-0.39, 0.29) is 23.3 Å². The van der Waals surface area contributed by atoms with Crippen LogP contribution in [0.25, 0.3) is 0 Å². The molecule has 0 spiro atoms. The van der Waals surface area contributed by atoms with E-state index in [0.29, 0.717) is 17.7 Å². The zero-order chi connectivity index (χ0) is 15.7. The molecule has 1 unspecified atom stereocenters. The molecule has 0 saturated heterocycles. The Labute approximate surface area is 125 Å². The maximum Gasteiger partial charge on any atom is 0.162 e. The summed E-state index contributed by atoms with van der Waals surface area (Å²) < 4.78 is 29.3. The summed E-state index contributed by atoms with van der Waals surface area (Å²) in [5, 5.41) is 12.1. The molecular formula is C15H20N2O3S. The minimum atomic E-state index is -3.09. The number of fused-ring (bicyclic) bond motifs is 1. The summed E-state index contributed by atoms with van der Waals surface area (Å²) in [5.74, 6) is 0.745. The molecule has 1 aliphatic rings. The number of rotatable bonds is 4. The largest absolute Gasteiger partial charge is 0.487 e. The van der Waals surface area contributed by atoms with E-state index in [1.807, 2.05) is 13.8 Å². The molecule has 1 N–H and O–H groups in total. The number of sulfone groups is 1. The molecule has 1 aromatic carbocycles. The second-order valence-corrected chi connectivity index (χ2v) is 8.22. The third kappa shape index (κ3) is 3.74. The highest BCUT2D eigenvalue weighted by Crippen LogP contribution is 2.39. The lowest BCUT2D eigenvalue weighted by atomic mass is 9.89. The molecule has 6 heteroatoms. The molecule has 0 fully saturated rings. The number of hydrogen-bond acceptors (Lipinski definition) is 5. The van der Waals surface area contributed by atoms with Crippen molar-refractivity contribution in [2.75, 3.05) is 11.6 Å². The van der Waals surface area contributed by atoms with Gasteiger partial charge in [-0.05, 0) is 32.0 Å². The SMILES string of the molecule is CCS(=O)(=O)CNC1CC(C)(C)Oc2ccc(C#N)cc21. The Kier molecular flexibility index (Phi) is 4.26. The van der Waals surface area contributed by atoms with Crippen molar-refractivity contribution in [1.82, 2.24) is 5.32 Å². The van der Waals surface area contributed by atoms with Gasteiger partial charge in [0.2, 0.25) is 0 Å². The Morgan fingerprint density at radius 2 is 2.19 bits per heavy atom. The quantitative estimate of drug-likeness (QED) is 0.922. The summed E-state index contributed by atoms with van der Waals surface area (Å²) in [4.78, 5) is 0. The topological polar surface area (TPSA) is 79.2 Å². The van der Waals surface area contributed by atoms with E-state index in [1.54, 1.807) is 25.1 Å². The molecule has 0 radical (unpaired) electrons. The summed E-state index contributed by atoms with van der Waals surface area (Å²) >= 11 is 0. The van der Waals surface area contributed by atoms with Gasteiger partial charge in [-0.1, -0.05) is 6.92 Å². The van der Waals surface area contributed by atoms with Crippen molar-refractivity contribution in [2.24, 2.45) is 0 Å². The fourth-order valence-corrected chi connectivity index (χ4v) is 3.10. The zero-order valence-electron chi connectivity index (χ0n) is 12.5. The number of nitriles is 1. The van der Waals surface area contributed by atoms with Crippen LogP contribution in [0.1, 0.15) is 44.4 Å². The molecule has 1 heterocycles. The summed E-state index contributed by atoms with van der Waals surface area (Å²) in [7, 11) is -3.09. The number of nitrogens with one attached hydrogen (secondary N) is 1. The van der Waals surface area contributed by atoms with Gasteiger partial charge < -0.3 is 4.74 Å². The predicted molar refractivity (Wildman–Crippen MR) is 80.7 cm³/mol. The molecule has 0 saturated carbocycles. The van der Waals surface area contributed by atoms with Gasteiger partial charge >= 0.3 is 0 Å². The third-order valence-electron chi connectivity index (χ3n) is 3.59. The smallest absolute Gasteiger partial charge is 0.162 e. The van der Waals surface area contributed by atoms with E-state index in [0.717, 1.165) is 5.56 Å². The van der Waals surface area contributed by atoms with Crippen LogP contribution in [0, 0.1) is 11.3 Å². The van der Waals surface area contributed by atoms with Crippen molar-refractivity contribution >= 4 is 9.84 Å². The first kappa shape index (κ1) is 15.8. The van der Waals surface area contributed by atoms with Gasteiger partial charge in [0.15, 0.2) is 9.84 Å². The molecule has 21 heavy (non-hydrogen) atoms. The Balaban J connectivity index is 2.31. The van der Waals surface area contributed by atoms with Gasteiger partial charge in [-0.15, -0.1) is 0 Å². The second kappa shape index (κ2) is 5.66. The van der Waals surface area contributed by atoms with Crippen molar-refractivity contribution in [3.8, 4) is 11.8 Å². The molecule has 0 bridgehead atoms. The highest BCUT2D eigenvalue weighted by atomic mass is 32.2. The standard InChI is InChI=1S/C15H20N2O3S/c1-4-21(18,19)10-17-13-8-15(2,3)20-14-6-5-11(9-16)7-12(13)14/h5-7,13,17H,4,8,10H2,1-3H3. The van der Waals surface area contributed by atoms with E-state index in [2.05, 4.69) is 11.4 Å². The first-order valence-electron chi connectivity index (χ1n) is 6.93. The Hall–Kier alpha value is -1.58. The lowest BCUT2D eigenvalue weighted by Crippen LogP contribution is -2.41. The van der Waals surface area contributed by atoms with Crippen LogP contribution in [-0.2, 0) is 9.84 Å². The van der Waals surface area contributed by atoms with Crippen LogP contribution >= 0.6 is 0 Å². The van der Waals surface area contributed by atoms with E-state index in [9.17, 15) is 8.42 Å². The van der Waals surface area contributed by atoms with Crippen LogP contribution in [0.15, 0.2) is 18.2 Å². The average molecular weight is 308 g/mol. The van der Waals surface area contributed by atoms with Gasteiger partial charge in [0, 0.05) is 23.8 Å². The van der Waals surface area contributed by atoms with Crippen molar-refractivity contribution < 1.29 is 13.2 Å². The molecule has 0 aliphatic carbocycles. The molecule has 2 rings (SSSR count). The van der Waals surface area contributed by atoms with Gasteiger partial charge in [-0.2, -0.15) is 5.26 Å². The first-order chi connectivity index (χ1) is 9.76. The fraction of sp³-hybridized carbons (Fsp3) is 0.533. The lowest BCUT2D eigenvalue weighted by molar-refractivity contribution is 0.0670. The van der Waals surface area contributed by atoms with Crippen LogP contribution in [0.3, 0.4) is 0 Å². The summed E-state index contributed by atoms with van der Waals surface area (Å²) in [6.45, 7) is 5.57. The molecule has 1 aromatic rings. The summed E-state index contributed by atoms with van der Waals surface area (Å²) in [6, 6.07) is 7.21. The Morgan fingerprint density at radius 3 is 2.81 bits per heavy atom. The van der Waals surface area contributed by atoms with Crippen LogP contribution in [0.2, 0.25) is 0 Å². The highest BCUT2D eigenvalue weighted by Gasteiger charge is 2.34. The van der Waals surface area contributed by atoms with Crippen LogP contribution in [0.5, 0.6) is 5.75 Å². The summed E-state index contributed by atoms with van der Waals surface area (Å²) in [5.41, 5.74) is 1.01. The van der Waals surface area contributed by atoms with Gasteiger partial charge in [0.25, 0.3) is 0 Å². The van der Waals surface area contributed by atoms with E-state index >= 15 is 0 Å². The number of hydrogen-bond donors (Lipinski definition) is 1. The molecular weight excluding hydrogens is 288 g/mol. The van der Waals surface area contributed by atoms with E-state index < -0.39 is 9.84 Å².